The lowest BCUT2D eigenvalue weighted by Crippen LogP contribution is -2.30. The van der Waals surface area contributed by atoms with E-state index >= 15 is 0 Å². The Labute approximate surface area is 181 Å². The van der Waals surface area contributed by atoms with Gasteiger partial charge >= 0.3 is 0 Å². The number of amides is 1. The van der Waals surface area contributed by atoms with Crippen molar-refractivity contribution in [3.05, 3.63) is 79.7 Å². The molecule has 3 aromatic rings. The molecule has 0 saturated heterocycles. The highest BCUT2D eigenvalue weighted by atomic mass is 35.5. The fourth-order valence-corrected chi connectivity index (χ4v) is 4.27. The molecule has 5 heteroatoms. The molecule has 0 bridgehead atoms. The van der Waals surface area contributed by atoms with E-state index in [1.807, 2.05) is 19.1 Å². The number of hydrogen-bond acceptors (Lipinski definition) is 3. The lowest BCUT2D eigenvalue weighted by molar-refractivity contribution is 0.0725. The van der Waals surface area contributed by atoms with Gasteiger partial charge in [-0.15, -0.1) is 0 Å². The highest BCUT2D eigenvalue weighted by Crippen LogP contribution is 2.39. The number of aryl methyl sites for hydroxylation is 1. The van der Waals surface area contributed by atoms with Crippen molar-refractivity contribution < 1.29 is 9.21 Å². The topological polar surface area (TPSA) is 50.5 Å². The molecule has 1 aliphatic rings. The van der Waals surface area contributed by atoms with Gasteiger partial charge in [-0.25, -0.2) is 0 Å². The zero-order chi connectivity index (χ0) is 21.6. The maximum absolute atomic E-state index is 13.5. The summed E-state index contributed by atoms with van der Waals surface area (Å²) in [6.45, 7) is 8.80. The van der Waals surface area contributed by atoms with Crippen LogP contribution in [0.5, 0.6) is 0 Å². The van der Waals surface area contributed by atoms with Crippen LogP contribution in [0.2, 0.25) is 5.02 Å². The first-order valence-corrected chi connectivity index (χ1v) is 10.9. The number of carbonyl (C=O) groups excluding carboxylic acids is 1. The molecule has 1 unspecified atom stereocenters. The number of unbranched alkanes of at least 4 members (excludes halogenated alkanes) is 1. The molecule has 0 N–H and O–H groups in total. The van der Waals surface area contributed by atoms with E-state index in [0.717, 1.165) is 24.0 Å². The van der Waals surface area contributed by atoms with E-state index in [0.29, 0.717) is 34.0 Å². The van der Waals surface area contributed by atoms with E-state index in [1.165, 1.54) is 5.56 Å². The van der Waals surface area contributed by atoms with Crippen molar-refractivity contribution >= 4 is 28.5 Å². The average Bonchev–Trinajstić information content (AvgIpc) is 3.00. The van der Waals surface area contributed by atoms with E-state index in [9.17, 15) is 9.59 Å². The summed E-state index contributed by atoms with van der Waals surface area (Å²) in [5, 5.41) is 0.929. The van der Waals surface area contributed by atoms with Gasteiger partial charge in [0.1, 0.15) is 5.58 Å². The summed E-state index contributed by atoms with van der Waals surface area (Å²) in [6.07, 6.45) is 1.82. The third-order valence-corrected chi connectivity index (χ3v) is 6.33. The van der Waals surface area contributed by atoms with Crippen LogP contribution in [0.25, 0.3) is 11.0 Å². The normalized spacial score (nSPS) is 16.0. The summed E-state index contributed by atoms with van der Waals surface area (Å²) < 4.78 is 6.01. The molecule has 0 radical (unpaired) electrons. The number of benzene rings is 2. The zero-order valence-corrected chi connectivity index (χ0v) is 18.5. The molecule has 0 spiro atoms. The maximum Gasteiger partial charge on any atom is 0.290 e. The van der Waals surface area contributed by atoms with E-state index in [4.69, 9.17) is 16.0 Å². The van der Waals surface area contributed by atoms with Gasteiger partial charge in [0.05, 0.1) is 17.0 Å². The standard InChI is InChI=1S/C25H26ClNO3/c1-5-6-11-27-22(17-9-7-16(8-10-17)14(2)3)21-23(28)18-13-19(26)15(4)12-20(18)30-24(21)25(27)29/h7-10,12-14,22H,5-6,11H2,1-4H3. The number of hydrogen-bond donors (Lipinski definition) is 0. The first-order valence-electron chi connectivity index (χ1n) is 10.5. The summed E-state index contributed by atoms with van der Waals surface area (Å²) in [5.74, 6) is 0.346. The summed E-state index contributed by atoms with van der Waals surface area (Å²) in [6, 6.07) is 11.1. The van der Waals surface area contributed by atoms with Crippen LogP contribution in [0.3, 0.4) is 0 Å². The maximum atomic E-state index is 13.5. The molecule has 1 amide bonds. The van der Waals surface area contributed by atoms with Gasteiger partial charge in [0.25, 0.3) is 5.91 Å². The quantitative estimate of drug-likeness (QED) is 0.489. The number of fused-ring (bicyclic) bond motifs is 2. The van der Waals surface area contributed by atoms with Crippen LogP contribution >= 0.6 is 11.6 Å². The fraction of sp³-hybridized carbons (Fsp3) is 0.360. The minimum atomic E-state index is -0.444. The van der Waals surface area contributed by atoms with Crippen LogP contribution in [-0.4, -0.2) is 17.4 Å². The summed E-state index contributed by atoms with van der Waals surface area (Å²) in [4.78, 5) is 28.6. The van der Waals surface area contributed by atoms with Crippen molar-refractivity contribution in [3.8, 4) is 0 Å². The highest BCUT2D eigenvalue weighted by Gasteiger charge is 2.42. The van der Waals surface area contributed by atoms with Gasteiger partial charge in [-0.05, 0) is 48.1 Å². The Balaban J connectivity index is 1.94. The molecular weight excluding hydrogens is 398 g/mol. The monoisotopic (exact) mass is 423 g/mol. The minimum Gasteiger partial charge on any atom is -0.450 e. The van der Waals surface area contributed by atoms with Crippen LogP contribution in [0, 0.1) is 6.92 Å². The van der Waals surface area contributed by atoms with Crippen molar-refractivity contribution in [2.24, 2.45) is 0 Å². The molecule has 1 aliphatic heterocycles. The predicted octanol–water partition coefficient (Wildman–Crippen LogP) is 6.22. The van der Waals surface area contributed by atoms with Crippen molar-refractivity contribution in [2.75, 3.05) is 6.54 Å². The largest absolute Gasteiger partial charge is 0.450 e. The van der Waals surface area contributed by atoms with Crippen LogP contribution < -0.4 is 5.43 Å². The number of nitrogens with zero attached hydrogens (tertiary/aromatic N) is 1. The Morgan fingerprint density at radius 3 is 2.47 bits per heavy atom. The molecular formula is C25H26ClNO3. The van der Waals surface area contributed by atoms with Gasteiger partial charge in [-0.1, -0.05) is 63.1 Å². The van der Waals surface area contributed by atoms with Crippen molar-refractivity contribution in [2.45, 2.75) is 52.5 Å². The van der Waals surface area contributed by atoms with Gasteiger partial charge in [0, 0.05) is 11.6 Å². The van der Waals surface area contributed by atoms with Crippen LogP contribution in [-0.2, 0) is 0 Å². The van der Waals surface area contributed by atoms with E-state index in [1.54, 1.807) is 17.0 Å². The smallest absolute Gasteiger partial charge is 0.290 e. The van der Waals surface area contributed by atoms with Crippen LogP contribution in [0.1, 0.15) is 78.4 Å². The van der Waals surface area contributed by atoms with Crippen LogP contribution in [0.4, 0.5) is 0 Å². The summed E-state index contributed by atoms with van der Waals surface area (Å²) in [7, 11) is 0. The SMILES string of the molecule is CCCCN1C(=O)c2oc3cc(C)c(Cl)cc3c(=O)c2C1c1ccc(C(C)C)cc1. The molecule has 4 rings (SSSR count). The lowest BCUT2D eigenvalue weighted by Gasteiger charge is -2.25. The fourth-order valence-electron chi connectivity index (χ4n) is 4.11. The molecule has 2 heterocycles. The van der Waals surface area contributed by atoms with Crippen molar-refractivity contribution in [3.63, 3.8) is 0 Å². The number of halogens is 1. The number of carbonyl (C=O) groups is 1. The van der Waals surface area contributed by atoms with E-state index < -0.39 is 6.04 Å². The highest BCUT2D eigenvalue weighted by molar-refractivity contribution is 6.32. The molecule has 1 aromatic heterocycles. The zero-order valence-electron chi connectivity index (χ0n) is 17.8. The van der Waals surface area contributed by atoms with Gasteiger partial charge < -0.3 is 9.32 Å². The van der Waals surface area contributed by atoms with Crippen LogP contribution in [0.15, 0.2) is 45.6 Å². The third kappa shape index (κ3) is 3.33. The molecule has 30 heavy (non-hydrogen) atoms. The molecule has 0 fully saturated rings. The average molecular weight is 424 g/mol. The van der Waals surface area contributed by atoms with Gasteiger partial charge in [0.15, 0.2) is 5.43 Å². The molecule has 0 aliphatic carbocycles. The number of rotatable bonds is 5. The van der Waals surface area contributed by atoms with Gasteiger partial charge in [0.2, 0.25) is 5.76 Å². The van der Waals surface area contributed by atoms with Crippen molar-refractivity contribution in [1.29, 1.82) is 0 Å². The van der Waals surface area contributed by atoms with E-state index in [2.05, 4.69) is 32.9 Å². The second kappa shape index (κ2) is 7.92. The summed E-state index contributed by atoms with van der Waals surface area (Å²) >= 11 is 6.28. The lowest BCUT2D eigenvalue weighted by atomic mass is 9.95. The minimum absolute atomic E-state index is 0.156. The molecule has 156 valence electrons. The Bertz CT molecular complexity index is 1180. The summed E-state index contributed by atoms with van der Waals surface area (Å²) in [5.41, 5.74) is 3.59. The second-order valence-electron chi connectivity index (χ2n) is 8.35. The Morgan fingerprint density at radius 1 is 1.13 bits per heavy atom. The molecule has 0 saturated carbocycles. The van der Waals surface area contributed by atoms with E-state index in [-0.39, 0.29) is 17.1 Å². The third-order valence-electron chi connectivity index (χ3n) is 5.92. The second-order valence-corrected chi connectivity index (χ2v) is 8.75. The molecule has 2 aromatic carbocycles. The first kappa shape index (κ1) is 20.7. The first-order chi connectivity index (χ1) is 14.3. The Hall–Kier alpha value is -2.59. The molecule has 1 atom stereocenters. The van der Waals surface area contributed by atoms with Gasteiger partial charge in [-0.2, -0.15) is 0 Å². The Kier molecular flexibility index (Phi) is 5.46. The van der Waals surface area contributed by atoms with Gasteiger partial charge in [-0.3, -0.25) is 9.59 Å². The molecule has 4 nitrogen and oxygen atoms in total. The Morgan fingerprint density at radius 2 is 1.83 bits per heavy atom. The predicted molar refractivity (Wildman–Crippen MR) is 121 cm³/mol. The van der Waals surface area contributed by atoms with Crippen molar-refractivity contribution in [1.82, 2.24) is 4.90 Å².